The topological polar surface area (TPSA) is 56.7 Å². The van der Waals surface area contributed by atoms with Crippen molar-refractivity contribution in [1.82, 2.24) is 10.6 Å². The van der Waals surface area contributed by atoms with Gasteiger partial charge < -0.3 is 15.7 Å². The van der Waals surface area contributed by atoms with Crippen molar-refractivity contribution in [3.8, 4) is 0 Å². The Balaban J connectivity index is 1.98. The number of halogens is 2. The molecule has 116 valence electrons. The van der Waals surface area contributed by atoms with Crippen molar-refractivity contribution >= 4 is 29.2 Å². The number of hydrogen-bond acceptors (Lipinski definition) is 2. The van der Waals surface area contributed by atoms with Crippen molar-refractivity contribution in [2.24, 2.45) is 10.9 Å². The van der Waals surface area contributed by atoms with Gasteiger partial charge in [0.25, 0.3) is 0 Å². The zero-order valence-corrected chi connectivity index (χ0v) is 13.7. The Hall–Kier alpha value is -0.970. The first-order chi connectivity index (χ1) is 9.99. The summed E-state index contributed by atoms with van der Waals surface area (Å²) in [5.41, 5.74) is 0.673. The number of guanidine groups is 1. The lowest BCUT2D eigenvalue weighted by molar-refractivity contribution is 0.187. The van der Waals surface area contributed by atoms with Gasteiger partial charge in [-0.2, -0.15) is 0 Å². The van der Waals surface area contributed by atoms with Gasteiger partial charge in [0, 0.05) is 22.6 Å². The average molecular weight is 330 g/mol. The van der Waals surface area contributed by atoms with Gasteiger partial charge in [-0.1, -0.05) is 30.1 Å². The van der Waals surface area contributed by atoms with Crippen LogP contribution in [0.1, 0.15) is 31.9 Å². The quantitative estimate of drug-likeness (QED) is 0.575. The molecule has 0 heterocycles. The summed E-state index contributed by atoms with van der Waals surface area (Å²) < 4.78 is 0. The van der Waals surface area contributed by atoms with E-state index in [0.717, 1.165) is 18.9 Å². The molecule has 1 aromatic rings. The van der Waals surface area contributed by atoms with Gasteiger partial charge in [-0.3, -0.25) is 4.99 Å². The van der Waals surface area contributed by atoms with Gasteiger partial charge in [-0.15, -0.1) is 0 Å². The van der Waals surface area contributed by atoms with Gasteiger partial charge in [-0.25, -0.2) is 0 Å². The summed E-state index contributed by atoms with van der Waals surface area (Å²) in [6, 6.07) is 5.54. The lowest BCUT2D eigenvalue weighted by Gasteiger charge is -2.13. The Bertz CT molecular complexity index is 501. The van der Waals surface area contributed by atoms with Crippen LogP contribution in [0.4, 0.5) is 0 Å². The molecule has 3 unspecified atom stereocenters. The van der Waals surface area contributed by atoms with Crippen LogP contribution in [0.15, 0.2) is 23.2 Å². The van der Waals surface area contributed by atoms with E-state index in [1.165, 1.54) is 0 Å². The van der Waals surface area contributed by atoms with Crippen molar-refractivity contribution in [2.75, 3.05) is 13.1 Å². The Morgan fingerprint density at radius 3 is 2.52 bits per heavy atom. The van der Waals surface area contributed by atoms with Gasteiger partial charge >= 0.3 is 0 Å². The predicted molar refractivity (Wildman–Crippen MR) is 88.1 cm³/mol. The van der Waals surface area contributed by atoms with Crippen molar-refractivity contribution in [3.63, 3.8) is 0 Å². The molecule has 21 heavy (non-hydrogen) atoms. The predicted octanol–water partition coefficient (Wildman–Crippen LogP) is 2.99. The summed E-state index contributed by atoms with van der Waals surface area (Å²) in [6.45, 7) is 5.25. The number of aliphatic hydroxyl groups is 1. The summed E-state index contributed by atoms with van der Waals surface area (Å²) in [7, 11) is 0. The molecule has 0 saturated heterocycles. The summed E-state index contributed by atoms with van der Waals surface area (Å²) in [4.78, 5) is 4.42. The van der Waals surface area contributed by atoms with Crippen LogP contribution in [-0.4, -0.2) is 30.2 Å². The van der Waals surface area contributed by atoms with Gasteiger partial charge in [0.2, 0.25) is 0 Å². The van der Waals surface area contributed by atoms with E-state index in [9.17, 15) is 5.11 Å². The maximum absolute atomic E-state index is 10.2. The highest BCUT2D eigenvalue weighted by Gasteiger charge is 2.33. The molecule has 0 spiro atoms. The molecular weight excluding hydrogens is 309 g/mol. The molecule has 1 aliphatic rings. The number of hydrogen-bond donors (Lipinski definition) is 3. The first-order valence-corrected chi connectivity index (χ1v) is 7.94. The normalized spacial score (nSPS) is 22.8. The molecule has 4 nitrogen and oxygen atoms in total. The zero-order valence-electron chi connectivity index (χ0n) is 12.2. The molecule has 2 rings (SSSR count). The van der Waals surface area contributed by atoms with E-state index in [1.807, 2.05) is 6.92 Å². The Morgan fingerprint density at radius 1 is 1.38 bits per heavy atom. The van der Waals surface area contributed by atoms with Crippen molar-refractivity contribution < 1.29 is 5.11 Å². The standard InChI is InChI=1S/C15H21Cl2N3O/c1-3-18-15(20-13-4-9(13)2)19-8-14(21)10-5-11(16)7-12(17)6-10/h5-7,9,13-14,21H,3-4,8H2,1-2H3,(H2,18,19,20). The molecule has 0 bridgehead atoms. The SMILES string of the molecule is CCNC(=NCC(O)c1cc(Cl)cc(Cl)c1)NC1CC1C. The van der Waals surface area contributed by atoms with Crippen LogP contribution >= 0.6 is 23.2 Å². The van der Waals surface area contributed by atoms with Crippen molar-refractivity contribution in [2.45, 2.75) is 32.4 Å². The van der Waals surface area contributed by atoms with Gasteiger partial charge in [0.05, 0.1) is 12.6 Å². The van der Waals surface area contributed by atoms with E-state index < -0.39 is 6.10 Å². The van der Waals surface area contributed by atoms with Crippen molar-refractivity contribution in [1.29, 1.82) is 0 Å². The van der Waals surface area contributed by atoms with E-state index in [0.29, 0.717) is 27.6 Å². The number of aliphatic hydroxyl groups excluding tert-OH is 1. The second-order valence-corrected chi connectivity index (χ2v) is 6.27. The minimum Gasteiger partial charge on any atom is -0.386 e. The van der Waals surface area contributed by atoms with E-state index in [2.05, 4.69) is 22.5 Å². The minimum absolute atomic E-state index is 0.257. The third kappa shape index (κ3) is 5.06. The Labute approximate surface area is 135 Å². The maximum atomic E-state index is 10.2. The van der Waals surface area contributed by atoms with Gasteiger partial charge in [0.15, 0.2) is 5.96 Å². The molecule has 0 aliphatic heterocycles. The molecule has 1 aliphatic carbocycles. The van der Waals surface area contributed by atoms with Crippen LogP contribution in [0.2, 0.25) is 10.0 Å². The molecule has 1 fully saturated rings. The summed E-state index contributed by atoms with van der Waals surface area (Å²) in [5, 5.41) is 17.8. The average Bonchev–Trinajstić information content (AvgIpc) is 3.10. The van der Waals surface area contributed by atoms with Crippen LogP contribution in [0.25, 0.3) is 0 Å². The number of nitrogens with zero attached hydrogens (tertiary/aromatic N) is 1. The molecule has 3 atom stereocenters. The highest BCUT2D eigenvalue weighted by Crippen LogP contribution is 2.29. The fourth-order valence-corrected chi connectivity index (χ4v) is 2.61. The lowest BCUT2D eigenvalue weighted by atomic mass is 10.1. The van der Waals surface area contributed by atoms with E-state index in [4.69, 9.17) is 23.2 Å². The fraction of sp³-hybridized carbons (Fsp3) is 0.533. The first-order valence-electron chi connectivity index (χ1n) is 7.18. The van der Waals surface area contributed by atoms with E-state index in [-0.39, 0.29) is 6.54 Å². The molecule has 3 N–H and O–H groups in total. The molecule has 0 radical (unpaired) electrons. The molecule has 1 aromatic carbocycles. The summed E-state index contributed by atoms with van der Waals surface area (Å²) in [5.74, 6) is 1.42. The zero-order chi connectivity index (χ0) is 15.4. The van der Waals surface area contributed by atoms with E-state index in [1.54, 1.807) is 18.2 Å². The van der Waals surface area contributed by atoms with Crippen LogP contribution in [0.5, 0.6) is 0 Å². The number of aliphatic imine (C=N–C) groups is 1. The monoisotopic (exact) mass is 329 g/mol. The largest absolute Gasteiger partial charge is 0.386 e. The fourth-order valence-electron chi connectivity index (χ4n) is 2.07. The van der Waals surface area contributed by atoms with Crippen LogP contribution in [0.3, 0.4) is 0 Å². The van der Waals surface area contributed by atoms with Crippen LogP contribution in [0, 0.1) is 5.92 Å². The molecular formula is C15H21Cl2N3O. The smallest absolute Gasteiger partial charge is 0.191 e. The number of benzene rings is 1. The highest BCUT2D eigenvalue weighted by molar-refractivity contribution is 6.34. The third-order valence-corrected chi connectivity index (χ3v) is 3.90. The molecule has 0 amide bonds. The molecule has 1 saturated carbocycles. The second-order valence-electron chi connectivity index (χ2n) is 5.40. The summed E-state index contributed by atoms with van der Waals surface area (Å²) in [6.07, 6.45) is 0.435. The molecule has 6 heteroatoms. The highest BCUT2D eigenvalue weighted by atomic mass is 35.5. The van der Waals surface area contributed by atoms with Crippen LogP contribution in [-0.2, 0) is 0 Å². The number of nitrogens with one attached hydrogen (secondary N) is 2. The Kier molecular flexibility index (Phi) is 5.73. The Morgan fingerprint density at radius 2 is 2.00 bits per heavy atom. The second kappa shape index (κ2) is 7.34. The number of rotatable bonds is 5. The lowest BCUT2D eigenvalue weighted by Crippen LogP contribution is -2.39. The van der Waals surface area contributed by atoms with Gasteiger partial charge in [0.1, 0.15) is 0 Å². The third-order valence-electron chi connectivity index (χ3n) is 3.47. The van der Waals surface area contributed by atoms with E-state index >= 15 is 0 Å². The maximum Gasteiger partial charge on any atom is 0.191 e. The molecule has 0 aromatic heterocycles. The summed E-state index contributed by atoms with van der Waals surface area (Å²) >= 11 is 11.9. The minimum atomic E-state index is -0.728. The van der Waals surface area contributed by atoms with Crippen molar-refractivity contribution in [3.05, 3.63) is 33.8 Å². The van der Waals surface area contributed by atoms with Gasteiger partial charge in [-0.05, 0) is 43.0 Å². The van der Waals surface area contributed by atoms with Crippen LogP contribution < -0.4 is 10.6 Å². The first kappa shape index (κ1) is 16.4.